The topological polar surface area (TPSA) is 92.5 Å². The van der Waals surface area contributed by atoms with Gasteiger partial charge in [0.25, 0.3) is 0 Å². The SMILES string of the molecule is CCCCCC(O)O.NCCCCN. The molecular formula is C10H26N2O2. The number of hydrogen-bond donors (Lipinski definition) is 4. The molecule has 0 radical (unpaired) electrons. The highest BCUT2D eigenvalue weighted by atomic mass is 16.5. The third kappa shape index (κ3) is 22.6. The Balaban J connectivity index is 0. The normalized spacial score (nSPS) is 9.86. The lowest BCUT2D eigenvalue weighted by molar-refractivity contribution is -0.0465. The minimum Gasteiger partial charge on any atom is -0.368 e. The van der Waals surface area contributed by atoms with Crippen molar-refractivity contribution in [2.75, 3.05) is 13.1 Å². The van der Waals surface area contributed by atoms with Gasteiger partial charge in [-0.1, -0.05) is 19.8 Å². The second-order valence-electron chi connectivity index (χ2n) is 3.26. The van der Waals surface area contributed by atoms with Crippen molar-refractivity contribution in [1.29, 1.82) is 0 Å². The highest BCUT2D eigenvalue weighted by Gasteiger charge is 1.93. The molecule has 0 aromatic heterocycles. The molecule has 0 saturated carbocycles. The van der Waals surface area contributed by atoms with Gasteiger partial charge in [0.1, 0.15) is 0 Å². The first-order valence-electron chi connectivity index (χ1n) is 5.45. The zero-order valence-corrected chi connectivity index (χ0v) is 9.28. The molecule has 4 nitrogen and oxygen atoms in total. The van der Waals surface area contributed by atoms with Crippen molar-refractivity contribution in [2.45, 2.75) is 51.7 Å². The van der Waals surface area contributed by atoms with E-state index in [2.05, 4.69) is 6.92 Å². The molecule has 0 atom stereocenters. The Morgan fingerprint density at radius 1 is 0.929 bits per heavy atom. The van der Waals surface area contributed by atoms with Gasteiger partial charge in [0.15, 0.2) is 6.29 Å². The predicted molar refractivity (Wildman–Crippen MR) is 59.7 cm³/mol. The van der Waals surface area contributed by atoms with E-state index in [1.54, 1.807) is 0 Å². The van der Waals surface area contributed by atoms with Crippen LogP contribution >= 0.6 is 0 Å². The third-order valence-corrected chi connectivity index (χ3v) is 1.72. The molecule has 4 heteroatoms. The van der Waals surface area contributed by atoms with Crippen LogP contribution in [0.4, 0.5) is 0 Å². The maximum atomic E-state index is 8.33. The van der Waals surface area contributed by atoms with E-state index in [-0.39, 0.29) is 0 Å². The van der Waals surface area contributed by atoms with Gasteiger partial charge in [-0.2, -0.15) is 0 Å². The number of hydrogen-bond acceptors (Lipinski definition) is 4. The van der Waals surface area contributed by atoms with E-state index in [1.165, 1.54) is 0 Å². The Hall–Kier alpha value is -0.160. The average Bonchev–Trinajstić information content (AvgIpc) is 2.16. The van der Waals surface area contributed by atoms with Crippen LogP contribution in [0.5, 0.6) is 0 Å². The Labute approximate surface area is 87.3 Å². The molecule has 0 aliphatic heterocycles. The smallest absolute Gasteiger partial charge is 0.151 e. The molecule has 0 amide bonds. The summed E-state index contributed by atoms with van der Waals surface area (Å²) in [5, 5.41) is 16.7. The van der Waals surface area contributed by atoms with Crippen molar-refractivity contribution in [2.24, 2.45) is 11.5 Å². The van der Waals surface area contributed by atoms with Crippen LogP contribution in [0, 0.1) is 0 Å². The van der Waals surface area contributed by atoms with Gasteiger partial charge in [-0.3, -0.25) is 0 Å². The van der Waals surface area contributed by atoms with Crippen molar-refractivity contribution < 1.29 is 10.2 Å². The molecule has 88 valence electrons. The number of unbranched alkanes of at least 4 members (excludes halogenated alkanes) is 3. The molecule has 0 saturated heterocycles. The molecule has 6 N–H and O–H groups in total. The maximum absolute atomic E-state index is 8.33. The van der Waals surface area contributed by atoms with E-state index in [0.29, 0.717) is 6.42 Å². The summed E-state index contributed by atoms with van der Waals surface area (Å²) in [6.45, 7) is 3.64. The highest BCUT2D eigenvalue weighted by Crippen LogP contribution is 1.99. The maximum Gasteiger partial charge on any atom is 0.151 e. The van der Waals surface area contributed by atoms with Gasteiger partial charge in [-0.05, 0) is 38.8 Å². The first-order valence-corrected chi connectivity index (χ1v) is 5.45. The lowest BCUT2D eigenvalue weighted by Crippen LogP contribution is -2.03. The summed E-state index contributed by atoms with van der Waals surface area (Å²) >= 11 is 0. The molecule has 0 spiro atoms. The van der Waals surface area contributed by atoms with E-state index >= 15 is 0 Å². The molecule has 0 fully saturated rings. The largest absolute Gasteiger partial charge is 0.368 e. The number of nitrogens with two attached hydrogens (primary N) is 2. The van der Waals surface area contributed by atoms with E-state index in [4.69, 9.17) is 21.7 Å². The molecule has 0 aliphatic rings. The molecule has 0 aromatic carbocycles. The van der Waals surface area contributed by atoms with Crippen molar-refractivity contribution in [3.05, 3.63) is 0 Å². The van der Waals surface area contributed by atoms with Crippen LogP contribution in [0.15, 0.2) is 0 Å². The molecular weight excluding hydrogens is 180 g/mol. The predicted octanol–water partition coefficient (Wildman–Crippen LogP) is 0.561. The van der Waals surface area contributed by atoms with Gasteiger partial charge >= 0.3 is 0 Å². The van der Waals surface area contributed by atoms with Gasteiger partial charge in [0, 0.05) is 0 Å². The highest BCUT2D eigenvalue weighted by molar-refractivity contribution is 4.40. The van der Waals surface area contributed by atoms with Crippen molar-refractivity contribution in [1.82, 2.24) is 0 Å². The summed E-state index contributed by atoms with van der Waals surface area (Å²) in [6, 6.07) is 0. The summed E-state index contributed by atoms with van der Waals surface area (Å²) in [4.78, 5) is 0. The Morgan fingerprint density at radius 3 is 1.71 bits per heavy atom. The molecule has 0 unspecified atom stereocenters. The van der Waals surface area contributed by atoms with Gasteiger partial charge in [0.05, 0.1) is 0 Å². The average molecular weight is 206 g/mol. The van der Waals surface area contributed by atoms with Crippen LogP contribution in [-0.4, -0.2) is 29.6 Å². The summed E-state index contributed by atoms with van der Waals surface area (Å²) in [7, 11) is 0. The van der Waals surface area contributed by atoms with Crippen LogP contribution in [0.3, 0.4) is 0 Å². The Morgan fingerprint density at radius 2 is 1.43 bits per heavy atom. The van der Waals surface area contributed by atoms with E-state index < -0.39 is 6.29 Å². The summed E-state index contributed by atoms with van der Waals surface area (Å²) < 4.78 is 0. The number of aliphatic hydroxyl groups is 2. The fourth-order valence-electron chi connectivity index (χ4n) is 0.866. The second kappa shape index (κ2) is 15.3. The lowest BCUT2D eigenvalue weighted by atomic mass is 10.2. The van der Waals surface area contributed by atoms with Crippen LogP contribution in [0.25, 0.3) is 0 Å². The Kier molecular flexibility index (Phi) is 17.8. The van der Waals surface area contributed by atoms with Crippen LogP contribution in [0.2, 0.25) is 0 Å². The molecule has 14 heavy (non-hydrogen) atoms. The zero-order valence-electron chi connectivity index (χ0n) is 9.28. The standard InChI is InChI=1S/C6H14O2.C4H12N2/c1-2-3-4-5-6(7)8;5-3-1-2-4-6/h6-8H,2-5H2,1H3;1-6H2. The van der Waals surface area contributed by atoms with Crippen molar-refractivity contribution >= 4 is 0 Å². The van der Waals surface area contributed by atoms with Crippen LogP contribution in [0.1, 0.15) is 45.4 Å². The second-order valence-corrected chi connectivity index (χ2v) is 3.26. The number of aliphatic hydroxyl groups excluding tert-OH is 1. The third-order valence-electron chi connectivity index (χ3n) is 1.72. The van der Waals surface area contributed by atoms with E-state index in [9.17, 15) is 0 Å². The first kappa shape index (κ1) is 16.3. The monoisotopic (exact) mass is 206 g/mol. The summed E-state index contributed by atoms with van der Waals surface area (Å²) in [6.07, 6.45) is 4.71. The van der Waals surface area contributed by atoms with Gasteiger partial charge < -0.3 is 21.7 Å². The molecule has 0 rings (SSSR count). The zero-order chi connectivity index (χ0) is 11.2. The van der Waals surface area contributed by atoms with Crippen LogP contribution < -0.4 is 11.5 Å². The summed E-state index contributed by atoms with van der Waals surface area (Å²) in [5.74, 6) is 0. The van der Waals surface area contributed by atoms with Crippen LogP contribution in [-0.2, 0) is 0 Å². The van der Waals surface area contributed by atoms with E-state index in [1.807, 2.05) is 0 Å². The fraction of sp³-hybridized carbons (Fsp3) is 1.00. The van der Waals surface area contributed by atoms with Gasteiger partial charge in [0.2, 0.25) is 0 Å². The molecule has 0 aromatic rings. The molecule has 0 aliphatic carbocycles. The summed E-state index contributed by atoms with van der Waals surface area (Å²) in [5.41, 5.74) is 10.3. The quantitative estimate of drug-likeness (QED) is 0.362. The van der Waals surface area contributed by atoms with E-state index in [0.717, 1.165) is 45.2 Å². The minimum absolute atomic E-state index is 0.522. The number of rotatable bonds is 7. The molecule has 0 bridgehead atoms. The first-order chi connectivity index (χ1) is 6.68. The molecule has 0 heterocycles. The minimum atomic E-state index is -1.10. The van der Waals surface area contributed by atoms with Crippen molar-refractivity contribution in [3.63, 3.8) is 0 Å². The lowest BCUT2D eigenvalue weighted by Gasteiger charge is -1.99. The van der Waals surface area contributed by atoms with Crippen molar-refractivity contribution in [3.8, 4) is 0 Å². The van der Waals surface area contributed by atoms with Gasteiger partial charge in [-0.25, -0.2) is 0 Å². The van der Waals surface area contributed by atoms with Gasteiger partial charge in [-0.15, -0.1) is 0 Å². The fourth-order valence-corrected chi connectivity index (χ4v) is 0.866. The Bertz CT molecular complexity index is 86.2.